The molecule has 3 nitrogen and oxygen atoms in total. The molecule has 0 saturated carbocycles. The monoisotopic (exact) mass is 343 g/mol. The van der Waals surface area contributed by atoms with Gasteiger partial charge in [0.2, 0.25) is 0 Å². The van der Waals surface area contributed by atoms with Crippen LogP contribution in [0.15, 0.2) is 22.7 Å². The van der Waals surface area contributed by atoms with Crippen LogP contribution in [0.3, 0.4) is 0 Å². The van der Waals surface area contributed by atoms with E-state index in [1.54, 1.807) is 14.2 Å². The quantitative estimate of drug-likeness (QED) is 0.778. The highest BCUT2D eigenvalue weighted by molar-refractivity contribution is 9.10. The predicted molar refractivity (Wildman–Crippen MR) is 87.6 cm³/mol. The Morgan fingerprint density at radius 2 is 2.00 bits per heavy atom. The van der Waals surface area contributed by atoms with Crippen LogP contribution < -0.4 is 10.1 Å². The minimum atomic E-state index is -0.225. The summed E-state index contributed by atoms with van der Waals surface area (Å²) < 4.78 is 12.1. The summed E-state index contributed by atoms with van der Waals surface area (Å²) in [5, 5.41) is 3.59. The second-order valence-electron chi connectivity index (χ2n) is 5.48. The molecular formula is C16H26BrNO2. The van der Waals surface area contributed by atoms with Gasteiger partial charge < -0.3 is 14.8 Å². The van der Waals surface area contributed by atoms with Crippen LogP contribution in [0.1, 0.15) is 32.8 Å². The number of hydrogen-bond donors (Lipinski definition) is 1. The fourth-order valence-electron chi connectivity index (χ4n) is 2.08. The Morgan fingerprint density at radius 1 is 1.30 bits per heavy atom. The van der Waals surface area contributed by atoms with Crippen molar-refractivity contribution in [1.82, 2.24) is 5.32 Å². The Balaban J connectivity index is 2.94. The van der Waals surface area contributed by atoms with E-state index in [2.05, 4.69) is 48.1 Å². The first kappa shape index (κ1) is 17.5. The second kappa shape index (κ2) is 8.01. The molecule has 1 aromatic carbocycles. The molecule has 0 aliphatic rings. The normalized spacial score (nSPS) is 13.3. The van der Waals surface area contributed by atoms with Crippen LogP contribution in [0, 0.1) is 0 Å². The lowest BCUT2D eigenvalue weighted by Crippen LogP contribution is -2.49. The molecule has 0 saturated heterocycles. The van der Waals surface area contributed by atoms with Crippen molar-refractivity contribution in [3.63, 3.8) is 0 Å². The highest BCUT2D eigenvalue weighted by Crippen LogP contribution is 2.26. The summed E-state index contributed by atoms with van der Waals surface area (Å²) in [7, 11) is 3.46. The van der Waals surface area contributed by atoms with E-state index in [1.807, 2.05) is 12.1 Å². The molecule has 0 radical (unpaired) electrons. The Hall–Kier alpha value is -0.580. The molecule has 20 heavy (non-hydrogen) atoms. The first-order chi connectivity index (χ1) is 9.44. The number of hydrogen-bond acceptors (Lipinski definition) is 3. The number of rotatable bonds is 8. The largest absolute Gasteiger partial charge is 0.497 e. The summed E-state index contributed by atoms with van der Waals surface area (Å²) >= 11 is 3.62. The minimum Gasteiger partial charge on any atom is -0.497 e. The van der Waals surface area contributed by atoms with Crippen LogP contribution >= 0.6 is 15.9 Å². The zero-order valence-corrected chi connectivity index (χ0v) is 14.7. The number of ether oxygens (including phenoxy) is 2. The van der Waals surface area contributed by atoms with Gasteiger partial charge in [-0.1, -0.05) is 22.9 Å². The van der Waals surface area contributed by atoms with Crippen molar-refractivity contribution in [1.29, 1.82) is 0 Å². The molecule has 1 N–H and O–H groups in total. The van der Waals surface area contributed by atoms with Gasteiger partial charge in [0.25, 0.3) is 0 Å². The summed E-state index contributed by atoms with van der Waals surface area (Å²) in [6.45, 7) is 7.40. The van der Waals surface area contributed by atoms with E-state index in [9.17, 15) is 0 Å². The van der Waals surface area contributed by atoms with Crippen LogP contribution in [-0.4, -0.2) is 32.4 Å². The zero-order chi connectivity index (χ0) is 15.2. The van der Waals surface area contributed by atoms with Crippen LogP contribution in [0.25, 0.3) is 0 Å². The van der Waals surface area contributed by atoms with E-state index >= 15 is 0 Å². The fraction of sp³-hybridized carbons (Fsp3) is 0.625. The van der Waals surface area contributed by atoms with Gasteiger partial charge in [-0.15, -0.1) is 0 Å². The summed E-state index contributed by atoms with van der Waals surface area (Å²) in [4.78, 5) is 0. The van der Waals surface area contributed by atoms with Crippen molar-refractivity contribution in [2.45, 2.75) is 45.3 Å². The molecule has 0 spiro atoms. The third-order valence-corrected chi connectivity index (χ3v) is 4.46. The topological polar surface area (TPSA) is 30.5 Å². The van der Waals surface area contributed by atoms with Gasteiger partial charge in [0.05, 0.1) is 12.7 Å². The van der Waals surface area contributed by atoms with Gasteiger partial charge in [-0.25, -0.2) is 0 Å². The van der Waals surface area contributed by atoms with E-state index in [0.717, 1.165) is 29.6 Å². The molecule has 4 heteroatoms. The molecule has 1 atom stereocenters. The third kappa shape index (κ3) is 4.76. The Morgan fingerprint density at radius 3 is 2.55 bits per heavy atom. The Kier molecular flexibility index (Phi) is 7.00. The van der Waals surface area contributed by atoms with Crippen molar-refractivity contribution in [3.05, 3.63) is 28.2 Å². The summed E-state index contributed by atoms with van der Waals surface area (Å²) in [5.41, 5.74) is 1.00. The van der Waals surface area contributed by atoms with Gasteiger partial charge in [-0.3, -0.25) is 0 Å². The second-order valence-corrected chi connectivity index (χ2v) is 6.33. The average molecular weight is 344 g/mol. The van der Waals surface area contributed by atoms with Crippen LogP contribution in [0.4, 0.5) is 0 Å². The molecule has 0 bridgehead atoms. The smallest absolute Gasteiger partial charge is 0.119 e. The Labute approximate surface area is 131 Å². The SMILES string of the molecule is CCCNC(Cc1cc(OC)ccc1Br)C(C)(C)OC. The lowest BCUT2D eigenvalue weighted by Gasteiger charge is -2.34. The van der Waals surface area contributed by atoms with Crippen molar-refractivity contribution in [3.8, 4) is 5.75 Å². The molecule has 0 aliphatic heterocycles. The molecule has 1 aromatic rings. The number of nitrogens with one attached hydrogen (secondary N) is 1. The third-order valence-electron chi connectivity index (χ3n) is 3.68. The van der Waals surface area contributed by atoms with Gasteiger partial charge in [-0.05, 0) is 57.0 Å². The van der Waals surface area contributed by atoms with E-state index in [1.165, 1.54) is 5.56 Å². The van der Waals surface area contributed by atoms with Crippen molar-refractivity contribution in [2.75, 3.05) is 20.8 Å². The first-order valence-electron chi connectivity index (χ1n) is 7.05. The maximum Gasteiger partial charge on any atom is 0.119 e. The lowest BCUT2D eigenvalue weighted by atomic mass is 9.92. The lowest BCUT2D eigenvalue weighted by molar-refractivity contribution is -0.0100. The van der Waals surface area contributed by atoms with E-state index in [-0.39, 0.29) is 11.6 Å². The highest BCUT2D eigenvalue weighted by Gasteiger charge is 2.29. The van der Waals surface area contributed by atoms with Gasteiger partial charge >= 0.3 is 0 Å². The maximum absolute atomic E-state index is 5.66. The van der Waals surface area contributed by atoms with Gasteiger partial charge in [0.1, 0.15) is 5.75 Å². The molecule has 0 amide bonds. The fourth-order valence-corrected chi connectivity index (χ4v) is 2.49. The number of halogens is 1. The minimum absolute atomic E-state index is 0.225. The maximum atomic E-state index is 5.66. The summed E-state index contributed by atoms with van der Waals surface area (Å²) in [6, 6.07) is 6.32. The molecule has 1 unspecified atom stereocenters. The highest BCUT2D eigenvalue weighted by atomic mass is 79.9. The van der Waals surface area contributed by atoms with E-state index in [0.29, 0.717) is 0 Å². The van der Waals surface area contributed by atoms with Gasteiger partial charge in [0, 0.05) is 17.6 Å². The van der Waals surface area contributed by atoms with Gasteiger partial charge in [-0.2, -0.15) is 0 Å². The Bertz CT molecular complexity index is 421. The van der Waals surface area contributed by atoms with Crippen molar-refractivity contribution in [2.24, 2.45) is 0 Å². The van der Waals surface area contributed by atoms with Crippen molar-refractivity contribution < 1.29 is 9.47 Å². The van der Waals surface area contributed by atoms with Crippen LogP contribution in [-0.2, 0) is 11.2 Å². The molecule has 0 fully saturated rings. The predicted octanol–water partition coefficient (Wildman–Crippen LogP) is 3.79. The van der Waals surface area contributed by atoms with E-state index < -0.39 is 0 Å². The summed E-state index contributed by atoms with van der Waals surface area (Å²) in [5.74, 6) is 0.882. The van der Waals surface area contributed by atoms with Crippen LogP contribution in [0.2, 0.25) is 0 Å². The first-order valence-corrected chi connectivity index (χ1v) is 7.84. The zero-order valence-electron chi connectivity index (χ0n) is 13.1. The molecule has 0 aromatic heterocycles. The standard InChI is InChI=1S/C16H26BrNO2/c1-6-9-18-15(16(2,3)20-5)11-12-10-13(19-4)7-8-14(12)17/h7-8,10,15,18H,6,9,11H2,1-5H3. The van der Waals surface area contributed by atoms with E-state index in [4.69, 9.17) is 9.47 Å². The summed E-state index contributed by atoms with van der Waals surface area (Å²) in [6.07, 6.45) is 1.99. The molecule has 1 rings (SSSR count). The van der Waals surface area contributed by atoms with Crippen LogP contribution in [0.5, 0.6) is 5.75 Å². The average Bonchev–Trinajstić information content (AvgIpc) is 2.45. The number of benzene rings is 1. The van der Waals surface area contributed by atoms with Gasteiger partial charge in [0.15, 0.2) is 0 Å². The molecule has 0 aliphatic carbocycles. The molecule has 0 heterocycles. The molecular weight excluding hydrogens is 318 g/mol. The number of methoxy groups -OCH3 is 2. The van der Waals surface area contributed by atoms with Crippen molar-refractivity contribution >= 4 is 15.9 Å². The molecule has 114 valence electrons.